The van der Waals surface area contributed by atoms with Gasteiger partial charge in [-0.1, -0.05) is 47.0 Å². The molecule has 0 radical (unpaired) electrons. The average Bonchev–Trinajstić information content (AvgIpc) is 2.39. The van der Waals surface area contributed by atoms with Crippen LogP contribution in [0.4, 0.5) is 0 Å². The Bertz CT molecular complexity index is 301. The first-order chi connectivity index (χ1) is 9.41. The number of guanidine groups is 1. The molecule has 5 nitrogen and oxygen atoms in total. The first-order valence-electron chi connectivity index (χ1n) is 7.64. The zero-order chi connectivity index (χ0) is 15.4. The fourth-order valence-electron chi connectivity index (χ4n) is 1.60. The summed E-state index contributed by atoms with van der Waals surface area (Å²) in [7, 11) is 1.76. The average molecular weight is 412 g/mol. The number of hydrogen-bond donors (Lipinski definition) is 3. The summed E-state index contributed by atoms with van der Waals surface area (Å²) >= 11 is 0. The highest BCUT2D eigenvalue weighted by molar-refractivity contribution is 14.0. The third kappa shape index (κ3) is 12.9. The molecule has 0 aromatic heterocycles. The summed E-state index contributed by atoms with van der Waals surface area (Å²) in [6.07, 6.45) is 4.95. The van der Waals surface area contributed by atoms with Gasteiger partial charge in [0.25, 0.3) is 0 Å². The van der Waals surface area contributed by atoms with Gasteiger partial charge >= 0.3 is 0 Å². The van der Waals surface area contributed by atoms with E-state index in [-0.39, 0.29) is 35.3 Å². The van der Waals surface area contributed by atoms with Gasteiger partial charge in [-0.05, 0) is 6.42 Å². The number of nitrogens with one attached hydrogen (secondary N) is 3. The number of halogens is 1. The summed E-state index contributed by atoms with van der Waals surface area (Å²) < 4.78 is 0. The summed E-state index contributed by atoms with van der Waals surface area (Å²) in [4.78, 5) is 15.8. The minimum Gasteiger partial charge on any atom is -0.356 e. The summed E-state index contributed by atoms with van der Waals surface area (Å²) in [5.74, 6) is 0.869. The zero-order valence-corrected chi connectivity index (χ0v) is 16.5. The van der Waals surface area contributed by atoms with Crippen molar-refractivity contribution in [3.05, 3.63) is 0 Å². The van der Waals surface area contributed by atoms with E-state index >= 15 is 0 Å². The Labute approximate surface area is 147 Å². The van der Waals surface area contributed by atoms with Crippen LogP contribution in [0.1, 0.15) is 53.4 Å². The largest absolute Gasteiger partial charge is 0.356 e. The molecule has 126 valence electrons. The molecule has 0 spiro atoms. The highest BCUT2D eigenvalue weighted by Gasteiger charge is 2.20. The van der Waals surface area contributed by atoms with Crippen molar-refractivity contribution in [2.45, 2.75) is 53.4 Å². The number of rotatable bonds is 8. The summed E-state index contributed by atoms with van der Waals surface area (Å²) in [6.45, 7) is 10.2. The molecule has 3 N–H and O–H groups in total. The van der Waals surface area contributed by atoms with E-state index in [0.29, 0.717) is 13.1 Å². The van der Waals surface area contributed by atoms with Crippen LogP contribution < -0.4 is 16.0 Å². The van der Waals surface area contributed by atoms with Gasteiger partial charge in [0, 0.05) is 32.1 Å². The molecule has 1 amide bonds. The van der Waals surface area contributed by atoms with Gasteiger partial charge in [0.15, 0.2) is 5.96 Å². The van der Waals surface area contributed by atoms with Crippen LogP contribution >= 0.6 is 24.0 Å². The summed E-state index contributed by atoms with van der Waals surface area (Å²) in [5, 5.41) is 9.37. The predicted octanol–water partition coefficient (Wildman–Crippen LogP) is 2.51. The van der Waals surface area contributed by atoms with E-state index in [0.717, 1.165) is 18.9 Å². The Balaban J connectivity index is 0. The predicted molar refractivity (Wildman–Crippen MR) is 101 cm³/mol. The second-order valence-electron chi connectivity index (χ2n) is 5.99. The lowest BCUT2D eigenvalue weighted by Crippen LogP contribution is -2.43. The molecule has 0 aromatic rings. The highest BCUT2D eigenvalue weighted by atomic mass is 127. The van der Waals surface area contributed by atoms with Crippen LogP contribution in [-0.2, 0) is 4.79 Å². The molecule has 0 saturated carbocycles. The lowest BCUT2D eigenvalue weighted by molar-refractivity contribution is -0.128. The van der Waals surface area contributed by atoms with Crippen molar-refractivity contribution in [2.24, 2.45) is 10.4 Å². The normalized spacial score (nSPS) is 11.6. The third-order valence-corrected chi connectivity index (χ3v) is 2.93. The molecule has 21 heavy (non-hydrogen) atoms. The second-order valence-corrected chi connectivity index (χ2v) is 5.99. The van der Waals surface area contributed by atoms with Gasteiger partial charge < -0.3 is 16.0 Å². The molecule has 0 aromatic carbocycles. The van der Waals surface area contributed by atoms with Crippen LogP contribution in [0.15, 0.2) is 4.99 Å². The van der Waals surface area contributed by atoms with E-state index in [1.165, 1.54) is 19.3 Å². The molecule has 0 aliphatic heterocycles. The van der Waals surface area contributed by atoms with Gasteiger partial charge in [-0.15, -0.1) is 24.0 Å². The smallest absolute Gasteiger partial charge is 0.225 e. The van der Waals surface area contributed by atoms with Crippen LogP contribution in [0.2, 0.25) is 0 Å². The SMILES string of the molecule is CCCCCCNC(=NC)NCCNC(=O)C(C)(C)C.I. The standard InChI is InChI=1S/C15H32N4O.HI/c1-6-7-8-9-10-18-14(16-5)19-12-11-17-13(20)15(2,3)4;/h6-12H2,1-5H3,(H,17,20)(H2,16,18,19);1H. The number of unbranched alkanes of at least 4 members (excludes halogenated alkanes) is 3. The fourth-order valence-corrected chi connectivity index (χ4v) is 1.60. The Kier molecular flexibility index (Phi) is 14.2. The Hall–Kier alpha value is -0.530. The van der Waals surface area contributed by atoms with E-state index in [1.807, 2.05) is 20.8 Å². The Morgan fingerprint density at radius 1 is 0.952 bits per heavy atom. The molecule has 6 heteroatoms. The molecule has 0 atom stereocenters. The number of nitrogens with zero attached hydrogens (tertiary/aromatic N) is 1. The molecule has 0 aliphatic rings. The first-order valence-corrected chi connectivity index (χ1v) is 7.64. The van der Waals surface area contributed by atoms with Crippen LogP contribution in [-0.4, -0.2) is 38.5 Å². The summed E-state index contributed by atoms with van der Waals surface area (Å²) in [5.41, 5.74) is -0.334. The van der Waals surface area contributed by atoms with Crippen LogP contribution in [0.25, 0.3) is 0 Å². The summed E-state index contributed by atoms with van der Waals surface area (Å²) in [6, 6.07) is 0. The zero-order valence-electron chi connectivity index (χ0n) is 14.2. The Morgan fingerprint density at radius 3 is 2.05 bits per heavy atom. The van der Waals surface area contributed by atoms with E-state index in [2.05, 4.69) is 27.9 Å². The van der Waals surface area contributed by atoms with Crippen molar-refractivity contribution in [1.82, 2.24) is 16.0 Å². The molecule has 0 saturated heterocycles. The van der Waals surface area contributed by atoms with Crippen LogP contribution in [0.3, 0.4) is 0 Å². The third-order valence-electron chi connectivity index (χ3n) is 2.93. The maximum Gasteiger partial charge on any atom is 0.225 e. The molecule has 0 rings (SSSR count). The fraction of sp³-hybridized carbons (Fsp3) is 0.867. The van der Waals surface area contributed by atoms with Crippen molar-refractivity contribution in [3.8, 4) is 0 Å². The van der Waals surface area contributed by atoms with Crippen molar-refractivity contribution < 1.29 is 4.79 Å². The number of carbonyl (C=O) groups is 1. The van der Waals surface area contributed by atoms with Crippen molar-refractivity contribution in [3.63, 3.8) is 0 Å². The van der Waals surface area contributed by atoms with E-state index in [9.17, 15) is 4.79 Å². The Morgan fingerprint density at radius 2 is 1.52 bits per heavy atom. The number of hydrogen-bond acceptors (Lipinski definition) is 2. The van der Waals surface area contributed by atoms with E-state index in [4.69, 9.17) is 0 Å². The topological polar surface area (TPSA) is 65.5 Å². The molecule has 0 heterocycles. The molecular weight excluding hydrogens is 379 g/mol. The van der Waals surface area contributed by atoms with Gasteiger partial charge in [0.05, 0.1) is 0 Å². The number of carbonyl (C=O) groups excluding carboxylic acids is 1. The van der Waals surface area contributed by atoms with Crippen molar-refractivity contribution in [1.29, 1.82) is 0 Å². The molecular formula is C15H33IN4O. The quantitative estimate of drug-likeness (QED) is 0.249. The second kappa shape index (κ2) is 13.2. The van der Waals surface area contributed by atoms with E-state index < -0.39 is 0 Å². The molecule has 0 aliphatic carbocycles. The minimum absolute atomic E-state index is 0. The van der Waals surface area contributed by atoms with Gasteiger partial charge in [0.2, 0.25) is 5.91 Å². The van der Waals surface area contributed by atoms with Gasteiger partial charge in [-0.25, -0.2) is 0 Å². The number of amides is 1. The molecule has 0 fully saturated rings. The van der Waals surface area contributed by atoms with Crippen LogP contribution in [0, 0.1) is 5.41 Å². The molecule has 0 bridgehead atoms. The van der Waals surface area contributed by atoms with Crippen molar-refractivity contribution in [2.75, 3.05) is 26.7 Å². The lowest BCUT2D eigenvalue weighted by atomic mass is 9.96. The van der Waals surface area contributed by atoms with Gasteiger partial charge in [0.1, 0.15) is 0 Å². The van der Waals surface area contributed by atoms with Gasteiger partial charge in [-0.3, -0.25) is 9.79 Å². The highest BCUT2D eigenvalue weighted by Crippen LogP contribution is 2.11. The first kappa shape index (κ1) is 22.7. The number of aliphatic imine (C=N–C) groups is 1. The van der Waals surface area contributed by atoms with Crippen molar-refractivity contribution >= 4 is 35.8 Å². The molecule has 0 unspecified atom stereocenters. The maximum absolute atomic E-state index is 11.7. The lowest BCUT2D eigenvalue weighted by Gasteiger charge is -2.18. The minimum atomic E-state index is -0.334. The van der Waals surface area contributed by atoms with Crippen LogP contribution in [0.5, 0.6) is 0 Å². The van der Waals surface area contributed by atoms with Gasteiger partial charge in [-0.2, -0.15) is 0 Å². The van der Waals surface area contributed by atoms with E-state index in [1.54, 1.807) is 7.05 Å². The maximum atomic E-state index is 11.7. The monoisotopic (exact) mass is 412 g/mol.